The highest BCUT2D eigenvalue weighted by Crippen LogP contribution is 2.52. The Labute approximate surface area is 220 Å². The van der Waals surface area contributed by atoms with Gasteiger partial charge in [0, 0.05) is 22.6 Å². The summed E-state index contributed by atoms with van der Waals surface area (Å²) in [6.45, 7) is 9.49. The monoisotopic (exact) mass is 479 g/mol. The Morgan fingerprint density at radius 1 is 0.622 bits per heavy atom. The van der Waals surface area contributed by atoms with Crippen LogP contribution in [0.15, 0.2) is 109 Å². The predicted octanol–water partition coefficient (Wildman–Crippen LogP) is 9.15. The normalized spacial score (nSPS) is 19.7. The van der Waals surface area contributed by atoms with E-state index in [4.69, 9.17) is 0 Å². The minimum atomic E-state index is 0.0156. The van der Waals surface area contributed by atoms with Crippen molar-refractivity contribution in [2.75, 3.05) is 5.32 Å². The molecule has 0 radical (unpaired) electrons. The lowest BCUT2D eigenvalue weighted by atomic mass is 9.77. The number of anilines is 1. The van der Waals surface area contributed by atoms with Gasteiger partial charge in [0.1, 0.15) is 0 Å². The summed E-state index contributed by atoms with van der Waals surface area (Å²) in [5, 5.41) is 3.87. The quantitative estimate of drug-likeness (QED) is 0.309. The molecule has 1 heteroatoms. The van der Waals surface area contributed by atoms with Gasteiger partial charge in [0.15, 0.2) is 0 Å². The number of nitrogens with one attached hydrogen (secondary N) is 1. The van der Waals surface area contributed by atoms with Crippen LogP contribution in [0.2, 0.25) is 0 Å². The molecule has 0 amide bonds. The molecule has 37 heavy (non-hydrogen) atoms. The first-order valence-corrected chi connectivity index (χ1v) is 13.5. The van der Waals surface area contributed by atoms with Crippen molar-refractivity contribution in [2.45, 2.75) is 51.0 Å². The van der Waals surface area contributed by atoms with Crippen molar-refractivity contribution < 1.29 is 0 Å². The van der Waals surface area contributed by atoms with E-state index < -0.39 is 0 Å². The van der Waals surface area contributed by atoms with Crippen molar-refractivity contribution in [1.82, 2.24) is 0 Å². The fourth-order valence-corrected chi connectivity index (χ4v) is 6.93. The van der Waals surface area contributed by atoms with E-state index in [1.165, 1.54) is 55.8 Å². The van der Waals surface area contributed by atoms with E-state index in [-0.39, 0.29) is 16.9 Å². The molecule has 1 nitrogen and oxygen atoms in total. The van der Waals surface area contributed by atoms with Crippen LogP contribution in [-0.2, 0) is 10.8 Å². The van der Waals surface area contributed by atoms with Gasteiger partial charge in [-0.2, -0.15) is 0 Å². The highest BCUT2D eigenvalue weighted by molar-refractivity contribution is 5.89. The molecule has 1 unspecified atom stereocenters. The van der Waals surface area contributed by atoms with Crippen LogP contribution in [0.1, 0.15) is 56.4 Å². The molecule has 0 aromatic heterocycles. The number of hydrogen-bond acceptors (Lipinski definition) is 1. The molecule has 1 atom stereocenters. The maximum absolute atomic E-state index is 3.87. The third kappa shape index (κ3) is 3.30. The molecule has 0 saturated carbocycles. The first kappa shape index (κ1) is 22.4. The van der Waals surface area contributed by atoms with E-state index in [1.807, 2.05) is 0 Å². The Bertz CT molecular complexity index is 1610. The minimum Gasteiger partial charge on any atom is -0.379 e. The van der Waals surface area contributed by atoms with Gasteiger partial charge >= 0.3 is 0 Å². The lowest BCUT2D eigenvalue weighted by Gasteiger charge is -2.30. The molecule has 0 fully saturated rings. The largest absolute Gasteiger partial charge is 0.379 e. The van der Waals surface area contributed by atoms with Crippen LogP contribution in [-0.4, -0.2) is 6.04 Å². The summed E-state index contributed by atoms with van der Waals surface area (Å²) >= 11 is 0. The van der Waals surface area contributed by atoms with Crippen molar-refractivity contribution in [1.29, 1.82) is 0 Å². The average Bonchev–Trinajstić information content (AvgIpc) is 3.28. The van der Waals surface area contributed by atoms with E-state index in [0.29, 0.717) is 0 Å². The fraction of sp³-hybridized carbons (Fsp3) is 0.222. The Morgan fingerprint density at radius 2 is 1.32 bits per heavy atom. The summed E-state index contributed by atoms with van der Waals surface area (Å²) in [4.78, 5) is 0. The lowest BCUT2D eigenvalue weighted by Crippen LogP contribution is -2.26. The van der Waals surface area contributed by atoms with Crippen molar-refractivity contribution >= 4 is 11.3 Å². The van der Waals surface area contributed by atoms with Gasteiger partial charge < -0.3 is 5.32 Å². The lowest BCUT2D eigenvalue weighted by molar-refractivity contribution is 0.596. The third-order valence-electron chi connectivity index (χ3n) is 9.02. The van der Waals surface area contributed by atoms with Gasteiger partial charge in [0.25, 0.3) is 0 Å². The summed E-state index contributed by atoms with van der Waals surface area (Å²) in [7, 11) is 0. The smallest absolute Gasteiger partial charge is 0.0485 e. The molecule has 4 aromatic carbocycles. The molecular weight excluding hydrogens is 446 g/mol. The SMILES string of the molecule is CC1(C)C2=C(C=CC(Nc3ccc4c(c3)C(C)(C)c3ccccc3-4)C2)c2ccc(-c3ccccc3)cc21. The molecule has 7 rings (SSSR count). The Morgan fingerprint density at radius 3 is 2.16 bits per heavy atom. The Kier molecular flexibility index (Phi) is 4.73. The summed E-state index contributed by atoms with van der Waals surface area (Å²) in [6.07, 6.45) is 5.75. The highest BCUT2D eigenvalue weighted by Gasteiger charge is 2.39. The summed E-state index contributed by atoms with van der Waals surface area (Å²) in [5.74, 6) is 0. The standard InChI is InChI=1S/C36H33N/c1-35(2)31-13-9-8-12-27(31)29-18-15-25(21-33(29)35)37-26-16-19-30-28-17-14-24(23-10-6-5-7-11-23)20-32(28)36(3,4)34(30)22-26/h5-21,26,37H,22H2,1-4H3. The Hall–Kier alpha value is -3.84. The van der Waals surface area contributed by atoms with E-state index in [2.05, 4.69) is 136 Å². The van der Waals surface area contributed by atoms with Crippen molar-refractivity contribution in [3.63, 3.8) is 0 Å². The van der Waals surface area contributed by atoms with Gasteiger partial charge in [-0.1, -0.05) is 113 Å². The first-order chi connectivity index (χ1) is 17.8. The van der Waals surface area contributed by atoms with Crippen LogP contribution in [0.5, 0.6) is 0 Å². The van der Waals surface area contributed by atoms with Crippen molar-refractivity contribution in [3.8, 4) is 22.3 Å². The third-order valence-corrected chi connectivity index (χ3v) is 9.02. The van der Waals surface area contributed by atoms with Crippen LogP contribution in [0.25, 0.3) is 27.8 Å². The zero-order valence-corrected chi connectivity index (χ0v) is 22.1. The van der Waals surface area contributed by atoms with Crippen LogP contribution in [0, 0.1) is 0 Å². The second-order valence-corrected chi connectivity index (χ2v) is 11.9. The summed E-state index contributed by atoms with van der Waals surface area (Å²) < 4.78 is 0. The maximum Gasteiger partial charge on any atom is 0.0485 e. The predicted molar refractivity (Wildman–Crippen MR) is 157 cm³/mol. The molecule has 0 saturated heterocycles. The fourth-order valence-electron chi connectivity index (χ4n) is 6.93. The second kappa shape index (κ2) is 7.83. The number of benzene rings is 4. The molecule has 0 heterocycles. The van der Waals surface area contributed by atoms with Gasteiger partial charge in [-0.3, -0.25) is 0 Å². The molecule has 0 aliphatic heterocycles. The van der Waals surface area contributed by atoms with Gasteiger partial charge in [-0.15, -0.1) is 0 Å². The van der Waals surface area contributed by atoms with Crippen LogP contribution < -0.4 is 5.32 Å². The van der Waals surface area contributed by atoms with Gasteiger partial charge in [-0.05, 0) is 80.3 Å². The van der Waals surface area contributed by atoms with E-state index >= 15 is 0 Å². The summed E-state index contributed by atoms with van der Waals surface area (Å²) in [6, 6.07) is 33.8. The first-order valence-electron chi connectivity index (χ1n) is 13.5. The highest BCUT2D eigenvalue weighted by atomic mass is 14.9. The molecular formula is C36H33N. The zero-order valence-electron chi connectivity index (χ0n) is 22.1. The van der Waals surface area contributed by atoms with E-state index in [9.17, 15) is 0 Å². The molecule has 4 aromatic rings. The van der Waals surface area contributed by atoms with Crippen molar-refractivity contribution in [3.05, 3.63) is 131 Å². The van der Waals surface area contributed by atoms with Gasteiger partial charge in [0.05, 0.1) is 0 Å². The van der Waals surface area contributed by atoms with Crippen molar-refractivity contribution in [2.24, 2.45) is 0 Å². The molecule has 0 spiro atoms. The minimum absolute atomic E-state index is 0.0156. The number of allylic oxidation sites excluding steroid dienone is 2. The maximum atomic E-state index is 3.87. The van der Waals surface area contributed by atoms with Gasteiger partial charge in [-0.25, -0.2) is 0 Å². The molecule has 3 aliphatic rings. The molecule has 1 N–H and O–H groups in total. The number of fused-ring (bicyclic) bond motifs is 5. The van der Waals surface area contributed by atoms with Crippen LogP contribution >= 0.6 is 0 Å². The van der Waals surface area contributed by atoms with Gasteiger partial charge in [0.2, 0.25) is 0 Å². The molecule has 0 bridgehead atoms. The average molecular weight is 480 g/mol. The van der Waals surface area contributed by atoms with E-state index in [0.717, 1.165) is 6.42 Å². The number of hydrogen-bond donors (Lipinski definition) is 1. The molecule has 3 aliphatic carbocycles. The molecule has 182 valence electrons. The van der Waals surface area contributed by atoms with E-state index in [1.54, 1.807) is 5.57 Å². The second-order valence-electron chi connectivity index (χ2n) is 11.9. The van der Waals surface area contributed by atoms with Crippen LogP contribution in [0.4, 0.5) is 5.69 Å². The zero-order chi connectivity index (χ0) is 25.4. The summed E-state index contributed by atoms with van der Waals surface area (Å²) in [5.41, 5.74) is 15.2. The van der Waals surface area contributed by atoms with Crippen LogP contribution in [0.3, 0.4) is 0 Å². The number of rotatable bonds is 3. The Balaban J connectivity index is 1.16. The topological polar surface area (TPSA) is 12.0 Å².